The molecule has 0 aliphatic rings. The van der Waals surface area contributed by atoms with Gasteiger partial charge in [0.2, 0.25) is 5.91 Å². The summed E-state index contributed by atoms with van der Waals surface area (Å²) in [6, 6.07) is 5.76. The molecule has 4 nitrogen and oxygen atoms in total. The van der Waals surface area contributed by atoms with Crippen LogP contribution in [0.4, 0.5) is 0 Å². The van der Waals surface area contributed by atoms with Crippen molar-refractivity contribution in [2.45, 2.75) is 33.7 Å². The zero-order valence-electron chi connectivity index (χ0n) is 12.1. The highest BCUT2D eigenvalue weighted by molar-refractivity contribution is 5.98. The fraction of sp³-hybridized carbons (Fsp3) is 0.467. The number of carbonyl (C=O) groups is 2. The maximum atomic E-state index is 12.2. The van der Waals surface area contributed by atoms with Crippen LogP contribution in [0.1, 0.15) is 35.3 Å². The number of Topliss-reactive ketones (excluding diaryl/α,β-unsaturated/α-hetero) is 1. The van der Waals surface area contributed by atoms with E-state index in [1.807, 2.05) is 45.9 Å². The van der Waals surface area contributed by atoms with Gasteiger partial charge in [-0.05, 0) is 44.9 Å². The molecular weight excluding hydrogens is 240 g/mol. The Morgan fingerprint density at radius 3 is 2.26 bits per heavy atom. The number of primary amides is 1. The van der Waals surface area contributed by atoms with E-state index in [0.717, 1.165) is 11.1 Å². The maximum Gasteiger partial charge on any atom is 0.231 e. The summed E-state index contributed by atoms with van der Waals surface area (Å²) in [7, 11) is 0. The highest BCUT2D eigenvalue weighted by atomic mass is 16.1. The topological polar surface area (TPSA) is 63.4 Å². The Kier molecular flexibility index (Phi) is 5.24. The molecule has 0 aliphatic heterocycles. The second-order valence-electron chi connectivity index (χ2n) is 5.19. The van der Waals surface area contributed by atoms with Crippen molar-refractivity contribution >= 4 is 11.7 Å². The summed E-state index contributed by atoms with van der Waals surface area (Å²) in [4.78, 5) is 25.0. The molecule has 0 unspecified atom stereocenters. The van der Waals surface area contributed by atoms with Gasteiger partial charge in [0.05, 0.1) is 13.1 Å². The smallest absolute Gasteiger partial charge is 0.231 e. The van der Waals surface area contributed by atoms with Crippen LogP contribution >= 0.6 is 0 Å². The quantitative estimate of drug-likeness (QED) is 0.793. The third-order valence-electron chi connectivity index (χ3n) is 3.26. The molecule has 0 aliphatic carbocycles. The van der Waals surface area contributed by atoms with E-state index in [1.54, 1.807) is 4.90 Å². The van der Waals surface area contributed by atoms with E-state index in [-0.39, 0.29) is 24.9 Å². The van der Waals surface area contributed by atoms with Crippen molar-refractivity contribution in [2.75, 3.05) is 13.1 Å². The lowest BCUT2D eigenvalue weighted by molar-refractivity contribution is -0.119. The van der Waals surface area contributed by atoms with Gasteiger partial charge >= 0.3 is 0 Å². The van der Waals surface area contributed by atoms with Gasteiger partial charge < -0.3 is 5.73 Å². The van der Waals surface area contributed by atoms with Crippen LogP contribution in [0.3, 0.4) is 0 Å². The van der Waals surface area contributed by atoms with Crippen molar-refractivity contribution in [3.8, 4) is 0 Å². The molecule has 2 N–H and O–H groups in total. The summed E-state index contributed by atoms with van der Waals surface area (Å²) in [5.41, 5.74) is 8.13. The third kappa shape index (κ3) is 4.48. The van der Waals surface area contributed by atoms with Crippen molar-refractivity contribution in [1.29, 1.82) is 0 Å². The predicted molar refractivity (Wildman–Crippen MR) is 76.1 cm³/mol. The van der Waals surface area contributed by atoms with Crippen LogP contribution in [0.2, 0.25) is 0 Å². The molecular formula is C15H22N2O2. The molecule has 0 heterocycles. The number of rotatable bonds is 6. The van der Waals surface area contributed by atoms with Crippen molar-refractivity contribution in [2.24, 2.45) is 5.73 Å². The molecule has 0 radical (unpaired) electrons. The third-order valence-corrected chi connectivity index (χ3v) is 3.26. The zero-order valence-corrected chi connectivity index (χ0v) is 12.1. The Morgan fingerprint density at radius 2 is 1.79 bits per heavy atom. The van der Waals surface area contributed by atoms with Crippen LogP contribution in [0.25, 0.3) is 0 Å². The summed E-state index contributed by atoms with van der Waals surface area (Å²) >= 11 is 0. The number of ketones is 1. The Bertz CT molecular complexity index is 481. The number of carbonyl (C=O) groups excluding carboxylic acids is 2. The molecule has 19 heavy (non-hydrogen) atoms. The first kappa shape index (κ1) is 15.4. The largest absolute Gasteiger partial charge is 0.369 e. The van der Waals surface area contributed by atoms with Crippen molar-refractivity contribution < 1.29 is 9.59 Å². The highest BCUT2D eigenvalue weighted by Crippen LogP contribution is 2.11. The fourth-order valence-electron chi connectivity index (χ4n) is 1.81. The molecule has 0 saturated heterocycles. The number of amides is 1. The van der Waals surface area contributed by atoms with Gasteiger partial charge in [0.1, 0.15) is 0 Å². The van der Waals surface area contributed by atoms with Gasteiger partial charge in [0.25, 0.3) is 0 Å². The molecule has 1 aromatic carbocycles. The van der Waals surface area contributed by atoms with Crippen molar-refractivity contribution in [3.63, 3.8) is 0 Å². The van der Waals surface area contributed by atoms with E-state index in [0.29, 0.717) is 5.56 Å². The van der Waals surface area contributed by atoms with Gasteiger partial charge in [0.15, 0.2) is 5.78 Å². The molecule has 0 atom stereocenters. The van der Waals surface area contributed by atoms with Crippen LogP contribution in [0.15, 0.2) is 18.2 Å². The van der Waals surface area contributed by atoms with Gasteiger partial charge in [-0.1, -0.05) is 12.1 Å². The minimum absolute atomic E-state index is 0.0121. The van der Waals surface area contributed by atoms with E-state index >= 15 is 0 Å². The van der Waals surface area contributed by atoms with Gasteiger partial charge in [0, 0.05) is 11.6 Å². The van der Waals surface area contributed by atoms with Gasteiger partial charge in [-0.15, -0.1) is 0 Å². The van der Waals surface area contributed by atoms with E-state index in [1.165, 1.54) is 0 Å². The van der Waals surface area contributed by atoms with Crippen molar-refractivity contribution in [1.82, 2.24) is 4.90 Å². The van der Waals surface area contributed by atoms with Gasteiger partial charge in [-0.3, -0.25) is 14.5 Å². The molecule has 1 aromatic rings. The second kappa shape index (κ2) is 6.48. The molecule has 1 amide bonds. The summed E-state index contributed by atoms with van der Waals surface area (Å²) in [6.07, 6.45) is 0. The minimum Gasteiger partial charge on any atom is -0.369 e. The number of nitrogens with two attached hydrogens (primary N) is 1. The lowest BCUT2D eigenvalue weighted by atomic mass is 10.0. The van der Waals surface area contributed by atoms with Gasteiger partial charge in [-0.2, -0.15) is 0 Å². The molecule has 1 rings (SSSR count). The number of hydrogen-bond donors (Lipinski definition) is 1. The summed E-state index contributed by atoms with van der Waals surface area (Å²) in [5.74, 6) is -0.403. The van der Waals surface area contributed by atoms with E-state index in [2.05, 4.69) is 0 Å². The number of nitrogens with zero attached hydrogens (tertiary/aromatic N) is 1. The van der Waals surface area contributed by atoms with Crippen LogP contribution in [-0.4, -0.2) is 35.7 Å². The number of aryl methyl sites for hydroxylation is 2. The molecule has 0 saturated carbocycles. The first-order valence-corrected chi connectivity index (χ1v) is 6.44. The monoisotopic (exact) mass is 262 g/mol. The van der Waals surface area contributed by atoms with Crippen LogP contribution in [-0.2, 0) is 4.79 Å². The Morgan fingerprint density at radius 1 is 1.16 bits per heavy atom. The molecule has 0 fully saturated rings. The first-order chi connectivity index (χ1) is 8.81. The molecule has 0 spiro atoms. The Balaban J connectivity index is 2.81. The maximum absolute atomic E-state index is 12.2. The van der Waals surface area contributed by atoms with Crippen molar-refractivity contribution in [3.05, 3.63) is 34.9 Å². The second-order valence-corrected chi connectivity index (χ2v) is 5.19. The normalized spacial score (nSPS) is 11.1. The highest BCUT2D eigenvalue weighted by Gasteiger charge is 2.17. The van der Waals surface area contributed by atoms with E-state index in [4.69, 9.17) is 5.73 Å². The van der Waals surface area contributed by atoms with Crippen LogP contribution in [0, 0.1) is 13.8 Å². The number of hydrogen-bond acceptors (Lipinski definition) is 3. The predicted octanol–water partition coefficient (Wildman–Crippen LogP) is 1.68. The molecule has 4 heteroatoms. The SMILES string of the molecule is Cc1ccc(C(=O)CN(CC(N)=O)C(C)C)cc1C. The molecule has 104 valence electrons. The molecule has 0 aromatic heterocycles. The Hall–Kier alpha value is -1.68. The first-order valence-electron chi connectivity index (χ1n) is 6.44. The molecule has 0 bridgehead atoms. The number of benzene rings is 1. The lowest BCUT2D eigenvalue weighted by Gasteiger charge is -2.24. The summed E-state index contributed by atoms with van der Waals surface area (Å²) in [6.45, 7) is 8.19. The Labute approximate surface area is 114 Å². The average Bonchev–Trinajstić information content (AvgIpc) is 2.31. The summed E-state index contributed by atoms with van der Waals surface area (Å²) < 4.78 is 0. The average molecular weight is 262 g/mol. The van der Waals surface area contributed by atoms with E-state index in [9.17, 15) is 9.59 Å². The van der Waals surface area contributed by atoms with Crippen LogP contribution < -0.4 is 5.73 Å². The van der Waals surface area contributed by atoms with Crippen LogP contribution in [0.5, 0.6) is 0 Å². The lowest BCUT2D eigenvalue weighted by Crippen LogP contribution is -2.41. The summed E-state index contributed by atoms with van der Waals surface area (Å²) in [5, 5.41) is 0. The van der Waals surface area contributed by atoms with E-state index < -0.39 is 5.91 Å². The van der Waals surface area contributed by atoms with Gasteiger partial charge in [-0.25, -0.2) is 0 Å². The zero-order chi connectivity index (χ0) is 14.6. The minimum atomic E-state index is -0.415. The standard InChI is InChI=1S/C15H22N2O2/c1-10(2)17(9-15(16)19)8-14(18)13-6-5-11(3)12(4)7-13/h5-7,10H,8-9H2,1-4H3,(H2,16,19). The fourth-order valence-corrected chi connectivity index (χ4v) is 1.81.